The number of aromatic nitrogens is 3. The van der Waals surface area contributed by atoms with Crippen molar-refractivity contribution in [3.8, 4) is 11.3 Å². The number of hydrogen-bond acceptors (Lipinski definition) is 5. The molecule has 0 aliphatic heterocycles. The molecule has 3 rings (SSSR count). The number of halogens is 1. The molecule has 0 aliphatic carbocycles. The molecule has 0 N–H and O–H groups in total. The molecule has 0 amide bonds. The first-order chi connectivity index (χ1) is 16.0. The van der Waals surface area contributed by atoms with Crippen molar-refractivity contribution >= 4 is 34.6 Å². The van der Waals surface area contributed by atoms with Crippen molar-refractivity contribution in [3.63, 3.8) is 0 Å². The molecule has 7 heteroatoms. The van der Waals surface area contributed by atoms with Crippen LogP contribution in [0.3, 0.4) is 0 Å². The van der Waals surface area contributed by atoms with Crippen LogP contribution < -0.4 is 4.90 Å². The van der Waals surface area contributed by atoms with Gasteiger partial charge in [0, 0.05) is 37.4 Å². The van der Waals surface area contributed by atoms with Crippen molar-refractivity contribution in [2.75, 3.05) is 25.2 Å². The van der Waals surface area contributed by atoms with Gasteiger partial charge in [0.1, 0.15) is 17.5 Å². The van der Waals surface area contributed by atoms with Crippen LogP contribution in [0.2, 0.25) is 0 Å². The van der Waals surface area contributed by atoms with Crippen molar-refractivity contribution in [3.05, 3.63) is 59.1 Å². The first kappa shape index (κ1) is 24.9. The van der Waals surface area contributed by atoms with Crippen LogP contribution in [0.1, 0.15) is 51.6 Å². The second-order valence-electron chi connectivity index (χ2n) is 7.69. The molecule has 0 bridgehead atoms. The van der Waals surface area contributed by atoms with E-state index in [0.29, 0.717) is 0 Å². The molecule has 2 aromatic heterocycles. The average molecular weight is 469 g/mol. The molecular formula is C26H33FN4OS. The summed E-state index contributed by atoms with van der Waals surface area (Å²) in [4.78, 5) is 11.7. The first-order valence-electron chi connectivity index (χ1n) is 11.5. The number of allylic oxidation sites excluding steroid dienone is 1. The molecule has 0 aliphatic rings. The second kappa shape index (κ2) is 11.9. The van der Waals surface area contributed by atoms with Crippen LogP contribution >= 0.6 is 11.3 Å². The Morgan fingerprint density at radius 3 is 2.61 bits per heavy atom. The van der Waals surface area contributed by atoms with Crippen molar-refractivity contribution in [1.82, 2.24) is 14.5 Å². The van der Waals surface area contributed by atoms with E-state index in [1.165, 1.54) is 17.7 Å². The van der Waals surface area contributed by atoms with Crippen LogP contribution in [-0.4, -0.2) is 34.8 Å². The molecule has 0 saturated carbocycles. The summed E-state index contributed by atoms with van der Waals surface area (Å²) >= 11 is 1.56. The number of thiazole rings is 1. The molecule has 33 heavy (non-hydrogen) atoms. The molecular weight excluding hydrogens is 435 g/mol. The van der Waals surface area contributed by atoms with Gasteiger partial charge in [-0.15, -0.1) is 11.3 Å². The Hall–Kier alpha value is -2.77. The Bertz CT molecular complexity index is 1080. The molecule has 0 spiro atoms. The number of ether oxygens (including phenoxy) is 1. The van der Waals surface area contributed by atoms with Crippen molar-refractivity contribution in [1.29, 1.82) is 0 Å². The largest absolute Gasteiger partial charge is 0.382 e. The molecule has 0 unspecified atom stereocenters. The lowest BCUT2D eigenvalue weighted by Gasteiger charge is -2.19. The van der Waals surface area contributed by atoms with Gasteiger partial charge in [-0.2, -0.15) is 0 Å². The lowest BCUT2D eigenvalue weighted by molar-refractivity contribution is 0.145. The predicted octanol–water partition coefficient (Wildman–Crippen LogP) is 7.19. The van der Waals surface area contributed by atoms with E-state index < -0.39 is 0 Å². The van der Waals surface area contributed by atoms with Gasteiger partial charge >= 0.3 is 0 Å². The molecule has 176 valence electrons. The Morgan fingerprint density at radius 2 is 1.97 bits per heavy atom. The normalized spacial score (nSPS) is 11.7. The Morgan fingerprint density at radius 1 is 1.21 bits per heavy atom. The Kier molecular flexibility index (Phi) is 8.97. The SMILES string of the molecule is C=Cc1nc(CC)c(N(C)c2nc(-c3ccc(F)cc3)cs2)n1/C=C(\CC)CCCOCC. The number of rotatable bonds is 12. The average Bonchev–Trinajstić information content (AvgIpc) is 3.46. The van der Waals surface area contributed by atoms with Crippen molar-refractivity contribution in [2.24, 2.45) is 0 Å². The van der Waals surface area contributed by atoms with E-state index in [1.54, 1.807) is 29.5 Å². The highest BCUT2D eigenvalue weighted by atomic mass is 32.1. The molecule has 0 fully saturated rings. The van der Waals surface area contributed by atoms with E-state index in [1.807, 2.05) is 19.4 Å². The third-order valence-electron chi connectivity index (χ3n) is 5.49. The fraction of sp³-hybridized carbons (Fsp3) is 0.385. The quantitative estimate of drug-likeness (QED) is 0.264. The maximum Gasteiger partial charge on any atom is 0.191 e. The van der Waals surface area contributed by atoms with E-state index in [4.69, 9.17) is 14.7 Å². The number of imidazole rings is 1. The monoisotopic (exact) mass is 468 g/mol. The van der Waals surface area contributed by atoms with Gasteiger partial charge in [0.15, 0.2) is 5.13 Å². The lowest BCUT2D eigenvalue weighted by Crippen LogP contribution is -2.15. The number of nitrogens with zero attached hydrogens (tertiary/aromatic N) is 4. The maximum atomic E-state index is 13.3. The van der Waals surface area contributed by atoms with Crippen molar-refractivity contribution < 1.29 is 9.13 Å². The highest BCUT2D eigenvalue weighted by Gasteiger charge is 2.21. The summed E-state index contributed by atoms with van der Waals surface area (Å²) in [5.74, 6) is 1.56. The molecule has 0 saturated heterocycles. The van der Waals surface area contributed by atoms with Crippen LogP contribution in [0, 0.1) is 5.82 Å². The van der Waals surface area contributed by atoms with Gasteiger partial charge in [0.25, 0.3) is 0 Å². The van der Waals surface area contributed by atoms with E-state index >= 15 is 0 Å². The molecule has 2 heterocycles. The van der Waals surface area contributed by atoms with Crippen LogP contribution in [0.5, 0.6) is 0 Å². The van der Waals surface area contributed by atoms with E-state index in [9.17, 15) is 4.39 Å². The summed E-state index contributed by atoms with van der Waals surface area (Å²) in [5, 5.41) is 2.85. The summed E-state index contributed by atoms with van der Waals surface area (Å²) in [7, 11) is 2.02. The molecule has 0 radical (unpaired) electrons. The fourth-order valence-electron chi connectivity index (χ4n) is 3.68. The minimum Gasteiger partial charge on any atom is -0.382 e. The first-order valence-corrected chi connectivity index (χ1v) is 12.4. The topological polar surface area (TPSA) is 43.2 Å². The Balaban J connectivity index is 1.96. The fourth-order valence-corrected chi connectivity index (χ4v) is 4.48. The zero-order valence-corrected chi connectivity index (χ0v) is 20.8. The zero-order chi connectivity index (χ0) is 23.8. The standard InChI is InChI=1S/C26H33FN4OS/c1-6-19(11-10-16-32-9-4)17-31-24(8-3)28-22(7-2)25(31)30(5)26-29-23(18-33-26)20-12-14-21(27)15-13-20/h8,12-15,17-18H,3,6-7,9-11,16H2,1-2,4-5H3/b19-17+. The second-order valence-corrected chi connectivity index (χ2v) is 8.53. The van der Waals surface area contributed by atoms with Crippen LogP contribution in [0.25, 0.3) is 23.5 Å². The van der Waals surface area contributed by atoms with Gasteiger partial charge in [-0.3, -0.25) is 4.57 Å². The number of aryl methyl sites for hydroxylation is 1. The number of hydrogen-bond donors (Lipinski definition) is 0. The van der Waals surface area contributed by atoms with Crippen LogP contribution in [0.4, 0.5) is 15.3 Å². The minimum absolute atomic E-state index is 0.250. The van der Waals surface area contributed by atoms with Gasteiger partial charge in [-0.05, 0) is 62.9 Å². The number of benzene rings is 1. The van der Waals surface area contributed by atoms with Gasteiger partial charge < -0.3 is 9.64 Å². The third kappa shape index (κ3) is 5.97. The van der Waals surface area contributed by atoms with E-state index in [2.05, 4.69) is 36.1 Å². The molecule has 0 atom stereocenters. The zero-order valence-electron chi connectivity index (χ0n) is 20.0. The Labute approximate surface area is 200 Å². The summed E-state index contributed by atoms with van der Waals surface area (Å²) in [6, 6.07) is 6.43. The molecule has 1 aromatic carbocycles. The van der Waals surface area contributed by atoms with Crippen LogP contribution in [0.15, 0.2) is 41.8 Å². The van der Waals surface area contributed by atoms with Crippen molar-refractivity contribution in [2.45, 2.75) is 46.5 Å². The van der Waals surface area contributed by atoms with Gasteiger partial charge in [-0.25, -0.2) is 14.4 Å². The predicted molar refractivity (Wildman–Crippen MR) is 138 cm³/mol. The van der Waals surface area contributed by atoms with Gasteiger partial charge in [0.05, 0.1) is 11.4 Å². The molecule has 5 nitrogen and oxygen atoms in total. The summed E-state index contributed by atoms with van der Waals surface area (Å²) in [5.41, 5.74) is 4.05. The van der Waals surface area contributed by atoms with Gasteiger partial charge in [-0.1, -0.05) is 26.0 Å². The van der Waals surface area contributed by atoms with Crippen LogP contribution in [-0.2, 0) is 11.2 Å². The van der Waals surface area contributed by atoms with E-state index in [-0.39, 0.29) is 5.82 Å². The highest BCUT2D eigenvalue weighted by Crippen LogP contribution is 2.34. The summed E-state index contributed by atoms with van der Waals surface area (Å²) in [6.07, 6.45) is 7.70. The molecule has 3 aromatic rings. The maximum absolute atomic E-state index is 13.3. The highest BCUT2D eigenvalue weighted by molar-refractivity contribution is 7.14. The minimum atomic E-state index is -0.250. The van der Waals surface area contributed by atoms with E-state index in [0.717, 1.165) is 72.6 Å². The summed E-state index contributed by atoms with van der Waals surface area (Å²) in [6.45, 7) is 11.8. The third-order valence-corrected chi connectivity index (χ3v) is 6.41. The lowest BCUT2D eigenvalue weighted by atomic mass is 10.1. The summed E-state index contributed by atoms with van der Waals surface area (Å²) < 4.78 is 21.0. The van der Waals surface area contributed by atoms with Gasteiger partial charge in [0.2, 0.25) is 0 Å². The smallest absolute Gasteiger partial charge is 0.191 e. The number of anilines is 2.